The highest BCUT2D eigenvalue weighted by molar-refractivity contribution is 5.54. The summed E-state index contributed by atoms with van der Waals surface area (Å²) in [5.41, 5.74) is 2.54. The van der Waals surface area contributed by atoms with Gasteiger partial charge in [0.05, 0.1) is 20.8 Å². The largest absolute Gasteiger partial charge is 0.493 e. The Hall–Kier alpha value is -2.88. The molecule has 0 saturated heterocycles. The minimum atomic E-state index is 0.0620. The van der Waals surface area contributed by atoms with Crippen LogP contribution in [0.2, 0.25) is 0 Å². The Morgan fingerprint density at radius 1 is 0.870 bits per heavy atom. The minimum absolute atomic E-state index is 0.0620. The zero-order chi connectivity index (χ0) is 16.5. The smallest absolute Gasteiger partial charge is 0.161 e. The van der Waals surface area contributed by atoms with Gasteiger partial charge in [0, 0.05) is 23.1 Å². The Morgan fingerprint density at radius 3 is 2.22 bits per heavy atom. The molecule has 2 aromatic rings. The molecule has 0 fully saturated rings. The zero-order valence-corrected chi connectivity index (χ0v) is 13.2. The van der Waals surface area contributed by atoms with Crippen LogP contribution in [0.5, 0.6) is 11.5 Å². The normalized spacial score (nSPS) is 9.17. The molecular weight excluding hydrogens is 288 g/mol. The number of aliphatic hydroxyl groups is 1. The van der Waals surface area contributed by atoms with Crippen LogP contribution < -0.4 is 9.47 Å². The average Bonchev–Trinajstić information content (AvgIpc) is 2.60. The summed E-state index contributed by atoms with van der Waals surface area (Å²) in [5, 5.41) is 8.81. The highest BCUT2D eigenvalue weighted by Gasteiger charge is 2.03. The molecule has 3 nitrogen and oxygen atoms in total. The van der Waals surface area contributed by atoms with Crippen LogP contribution >= 0.6 is 0 Å². The lowest BCUT2D eigenvalue weighted by Gasteiger charge is -2.06. The number of methoxy groups -OCH3 is 2. The number of hydrogen-bond acceptors (Lipinski definition) is 3. The SMILES string of the molecule is COc1ccc(C#Cc2ccccc2C#CCCO)cc1OC. The Balaban J connectivity index is 2.31. The number of aliphatic hydroxyl groups excluding tert-OH is 1. The first-order chi connectivity index (χ1) is 11.3. The molecule has 0 unspecified atom stereocenters. The molecule has 2 aromatic carbocycles. The topological polar surface area (TPSA) is 38.7 Å². The highest BCUT2D eigenvalue weighted by atomic mass is 16.5. The second-order valence-corrected chi connectivity index (χ2v) is 4.64. The van der Waals surface area contributed by atoms with E-state index in [9.17, 15) is 0 Å². The molecular formula is C20H18O3. The van der Waals surface area contributed by atoms with Crippen molar-refractivity contribution in [2.24, 2.45) is 0 Å². The first-order valence-electron chi connectivity index (χ1n) is 7.21. The number of benzene rings is 2. The van der Waals surface area contributed by atoms with Gasteiger partial charge >= 0.3 is 0 Å². The van der Waals surface area contributed by atoms with E-state index in [-0.39, 0.29) is 6.61 Å². The molecule has 23 heavy (non-hydrogen) atoms. The quantitative estimate of drug-likeness (QED) is 0.886. The van der Waals surface area contributed by atoms with E-state index in [1.165, 1.54) is 0 Å². The number of ether oxygens (including phenoxy) is 2. The maximum atomic E-state index is 8.81. The van der Waals surface area contributed by atoms with Gasteiger partial charge in [0.2, 0.25) is 0 Å². The van der Waals surface area contributed by atoms with Gasteiger partial charge in [-0.3, -0.25) is 0 Å². The summed E-state index contributed by atoms with van der Waals surface area (Å²) in [6, 6.07) is 13.2. The van der Waals surface area contributed by atoms with Gasteiger partial charge in [-0.25, -0.2) is 0 Å². The molecule has 0 radical (unpaired) electrons. The summed E-state index contributed by atoms with van der Waals surface area (Å²) in [6.45, 7) is 0.0620. The van der Waals surface area contributed by atoms with Crippen LogP contribution in [0, 0.1) is 23.7 Å². The van der Waals surface area contributed by atoms with Crippen LogP contribution in [0.1, 0.15) is 23.1 Å². The van der Waals surface area contributed by atoms with Crippen molar-refractivity contribution in [3.05, 3.63) is 59.2 Å². The average molecular weight is 306 g/mol. The van der Waals surface area contributed by atoms with Crippen LogP contribution in [0.4, 0.5) is 0 Å². The van der Waals surface area contributed by atoms with Crippen LogP contribution in [0.25, 0.3) is 0 Å². The van der Waals surface area contributed by atoms with Gasteiger partial charge in [-0.05, 0) is 30.3 Å². The molecule has 3 heteroatoms. The van der Waals surface area contributed by atoms with Crippen LogP contribution in [-0.2, 0) is 0 Å². The molecule has 0 aromatic heterocycles. The minimum Gasteiger partial charge on any atom is -0.493 e. The molecule has 1 N–H and O–H groups in total. The zero-order valence-electron chi connectivity index (χ0n) is 13.2. The second-order valence-electron chi connectivity index (χ2n) is 4.64. The van der Waals surface area contributed by atoms with Gasteiger partial charge in [-0.2, -0.15) is 0 Å². The molecule has 0 saturated carbocycles. The first kappa shape index (κ1) is 16.5. The van der Waals surface area contributed by atoms with Gasteiger partial charge in [0.1, 0.15) is 0 Å². The van der Waals surface area contributed by atoms with Gasteiger partial charge < -0.3 is 14.6 Å². The summed E-state index contributed by atoms with van der Waals surface area (Å²) in [5.74, 6) is 13.5. The number of hydrogen-bond donors (Lipinski definition) is 1. The highest BCUT2D eigenvalue weighted by Crippen LogP contribution is 2.27. The summed E-state index contributed by atoms with van der Waals surface area (Å²) in [7, 11) is 3.20. The molecule has 0 amide bonds. The van der Waals surface area contributed by atoms with Crippen LogP contribution in [-0.4, -0.2) is 25.9 Å². The number of rotatable bonds is 3. The van der Waals surface area contributed by atoms with Gasteiger partial charge in [-0.15, -0.1) is 0 Å². The molecule has 0 atom stereocenters. The molecule has 0 aliphatic carbocycles. The summed E-state index contributed by atoms with van der Waals surface area (Å²) < 4.78 is 10.5. The lowest BCUT2D eigenvalue weighted by Crippen LogP contribution is -1.90. The fourth-order valence-corrected chi connectivity index (χ4v) is 1.97. The third-order valence-corrected chi connectivity index (χ3v) is 3.11. The molecule has 0 heterocycles. The van der Waals surface area contributed by atoms with Gasteiger partial charge in [0.15, 0.2) is 11.5 Å². The van der Waals surface area contributed by atoms with E-state index in [1.807, 2.05) is 42.5 Å². The fourth-order valence-electron chi connectivity index (χ4n) is 1.97. The van der Waals surface area contributed by atoms with Crippen LogP contribution in [0.15, 0.2) is 42.5 Å². The maximum absolute atomic E-state index is 8.81. The monoisotopic (exact) mass is 306 g/mol. The van der Waals surface area contributed by atoms with E-state index in [0.29, 0.717) is 17.9 Å². The lowest BCUT2D eigenvalue weighted by molar-refractivity contribution is 0.305. The molecule has 2 rings (SSSR count). The molecule has 0 spiro atoms. The van der Waals surface area contributed by atoms with Gasteiger partial charge in [-0.1, -0.05) is 35.8 Å². The van der Waals surface area contributed by atoms with E-state index in [1.54, 1.807) is 14.2 Å². The van der Waals surface area contributed by atoms with E-state index in [4.69, 9.17) is 14.6 Å². The Labute approximate surface area is 136 Å². The Morgan fingerprint density at radius 2 is 1.57 bits per heavy atom. The predicted molar refractivity (Wildman–Crippen MR) is 90.5 cm³/mol. The summed E-state index contributed by atoms with van der Waals surface area (Å²) in [6.07, 6.45) is 0.456. The molecule has 0 aliphatic rings. The van der Waals surface area contributed by atoms with E-state index in [0.717, 1.165) is 16.7 Å². The van der Waals surface area contributed by atoms with Crippen molar-refractivity contribution >= 4 is 0 Å². The van der Waals surface area contributed by atoms with Gasteiger partial charge in [0.25, 0.3) is 0 Å². The van der Waals surface area contributed by atoms with Crippen molar-refractivity contribution in [3.63, 3.8) is 0 Å². The van der Waals surface area contributed by atoms with Crippen molar-refractivity contribution in [2.75, 3.05) is 20.8 Å². The van der Waals surface area contributed by atoms with Crippen molar-refractivity contribution in [2.45, 2.75) is 6.42 Å². The Bertz CT molecular complexity index is 786. The predicted octanol–water partition coefficient (Wildman–Crippen LogP) is 2.84. The summed E-state index contributed by atoms with van der Waals surface area (Å²) >= 11 is 0. The Kier molecular flexibility index (Phi) is 6.12. The van der Waals surface area contributed by atoms with Crippen molar-refractivity contribution < 1.29 is 14.6 Å². The lowest BCUT2D eigenvalue weighted by atomic mass is 10.1. The van der Waals surface area contributed by atoms with E-state index in [2.05, 4.69) is 23.7 Å². The van der Waals surface area contributed by atoms with Crippen LogP contribution in [0.3, 0.4) is 0 Å². The third kappa shape index (κ3) is 4.54. The fraction of sp³-hybridized carbons (Fsp3) is 0.200. The second kappa shape index (κ2) is 8.54. The maximum Gasteiger partial charge on any atom is 0.161 e. The molecule has 0 aliphatic heterocycles. The van der Waals surface area contributed by atoms with Crippen molar-refractivity contribution in [1.82, 2.24) is 0 Å². The van der Waals surface area contributed by atoms with E-state index < -0.39 is 0 Å². The van der Waals surface area contributed by atoms with Crippen molar-refractivity contribution in [1.29, 1.82) is 0 Å². The first-order valence-corrected chi connectivity index (χ1v) is 7.21. The van der Waals surface area contributed by atoms with E-state index >= 15 is 0 Å². The summed E-state index contributed by atoms with van der Waals surface area (Å²) in [4.78, 5) is 0. The van der Waals surface area contributed by atoms with Crippen molar-refractivity contribution in [3.8, 4) is 35.2 Å². The standard InChI is InChI=1S/C20H18O3/c1-22-19-13-11-16(15-20(19)23-2)10-12-18-8-4-3-7-17(18)9-5-6-14-21/h3-4,7-8,11,13,15,21H,6,14H2,1-2H3. The molecule has 116 valence electrons. The third-order valence-electron chi connectivity index (χ3n) is 3.11. The molecule has 0 bridgehead atoms.